The quantitative estimate of drug-likeness (QED) is 0.648. The Morgan fingerprint density at radius 2 is 1.45 bits per heavy atom. The number of aliphatic hydroxyl groups excluding tert-OH is 1. The highest BCUT2D eigenvalue weighted by Crippen LogP contribution is 2.33. The van der Waals surface area contributed by atoms with E-state index in [2.05, 4.69) is 28.0 Å². The molecule has 4 rings (SSSR count). The van der Waals surface area contributed by atoms with Gasteiger partial charge in [0.05, 0.1) is 31.7 Å². The van der Waals surface area contributed by atoms with Gasteiger partial charge in [0, 0.05) is 43.5 Å². The predicted molar refractivity (Wildman–Crippen MR) is 124 cm³/mol. The molecule has 1 aromatic heterocycles. The standard InChI is InChI=1S/C25H29N3O3/c1-18(29)19-4-6-20(7-5-19)25-23(12-13-24(26-25)31-3)28-16-14-27(15-17-28)21-8-10-22(30-2)11-9-21/h4-13,18,29H,14-17H2,1-3H3. The average Bonchev–Trinajstić information content (AvgIpc) is 2.84. The van der Waals surface area contributed by atoms with Gasteiger partial charge in [0.2, 0.25) is 5.88 Å². The second-order valence-corrected chi connectivity index (χ2v) is 7.69. The highest BCUT2D eigenvalue weighted by Gasteiger charge is 2.21. The largest absolute Gasteiger partial charge is 0.497 e. The molecule has 1 saturated heterocycles. The number of ether oxygens (including phenoxy) is 2. The van der Waals surface area contributed by atoms with Crippen molar-refractivity contribution in [2.45, 2.75) is 13.0 Å². The molecule has 2 aromatic carbocycles. The minimum Gasteiger partial charge on any atom is -0.497 e. The van der Waals surface area contributed by atoms with Crippen molar-refractivity contribution in [2.24, 2.45) is 0 Å². The van der Waals surface area contributed by atoms with Gasteiger partial charge in [0.1, 0.15) is 5.75 Å². The third-order valence-corrected chi connectivity index (χ3v) is 5.78. The van der Waals surface area contributed by atoms with Gasteiger partial charge in [0.15, 0.2) is 0 Å². The van der Waals surface area contributed by atoms with Gasteiger partial charge in [-0.2, -0.15) is 0 Å². The van der Waals surface area contributed by atoms with Crippen LogP contribution in [0, 0.1) is 0 Å². The molecule has 6 nitrogen and oxygen atoms in total. The average molecular weight is 420 g/mol. The van der Waals surface area contributed by atoms with Crippen molar-refractivity contribution in [3.05, 3.63) is 66.2 Å². The molecule has 162 valence electrons. The van der Waals surface area contributed by atoms with Gasteiger partial charge in [-0.3, -0.25) is 0 Å². The number of methoxy groups -OCH3 is 2. The smallest absolute Gasteiger partial charge is 0.213 e. The molecular formula is C25H29N3O3. The Kier molecular flexibility index (Phi) is 6.28. The van der Waals surface area contributed by atoms with Crippen molar-refractivity contribution in [1.29, 1.82) is 0 Å². The Hall–Kier alpha value is -3.25. The van der Waals surface area contributed by atoms with Crippen LogP contribution in [-0.4, -0.2) is 50.5 Å². The van der Waals surface area contributed by atoms with Gasteiger partial charge in [-0.25, -0.2) is 4.98 Å². The predicted octanol–water partition coefficient (Wildman–Crippen LogP) is 4.15. The Morgan fingerprint density at radius 1 is 0.806 bits per heavy atom. The molecule has 1 atom stereocenters. The maximum atomic E-state index is 9.82. The van der Waals surface area contributed by atoms with Crippen molar-refractivity contribution in [3.8, 4) is 22.9 Å². The second kappa shape index (κ2) is 9.27. The molecule has 31 heavy (non-hydrogen) atoms. The van der Waals surface area contributed by atoms with Crippen molar-refractivity contribution < 1.29 is 14.6 Å². The van der Waals surface area contributed by atoms with Crippen LogP contribution in [0.15, 0.2) is 60.7 Å². The van der Waals surface area contributed by atoms with Crippen molar-refractivity contribution in [1.82, 2.24) is 4.98 Å². The number of anilines is 2. The van der Waals surface area contributed by atoms with E-state index < -0.39 is 6.10 Å². The van der Waals surface area contributed by atoms with Crippen molar-refractivity contribution in [3.63, 3.8) is 0 Å². The summed E-state index contributed by atoms with van der Waals surface area (Å²) in [5.74, 6) is 1.47. The molecule has 0 aliphatic carbocycles. The fourth-order valence-electron chi connectivity index (χ4n) is 3.93. The molecule has 0 spiro atoms. The third-order valence-electron chi connectivity index (χ3n) is 5.78. The molecular weight excluding hydrogens is 390 g/mol. The Labute approximate surface area is 183 Å². The molecule has 0 bridgehead atoms. The van der Waals surface area contributed by atoms with Gasteiger partial charge in [-0.05, 0) is 42.8 Å². The molecule has 1 unspecified atom stereocenters. The van der Waals surface area contributed by atoms with E-state index in [9.17, 15) is 5.11 Å². The maximum Gasteiger partial charge on any atom is 0.213 e. The molecule has 3 aromatic rings. The highest BCUT2D eigenvalue weighted by atomic mass is 16.5. The number of hydrogen-bond donors (Lipinski definition) is 1. The summed E-state index contributed by atoms with van der Waals surface area (Å²) < 4.78 is 10.7. The van der Waals surface area contributed by atoms with Crippen LogP contribution in [0.1, 0.15) is 18.6 Å². The molecule has 6 heteroatoms. The first-order chi connectivity index (χ1) is 15.1. The molecule has 1 aliphatic heterocycles. The minimum atomic E-state index is -0.488. The van der Waals surface area contributed by atoms with Crippen LogP contribution < -0.4 is 19.3 Å². The number of aliphatic hydroxyl groups is 1. The van der Waals surface area contributed by atoms with E-state index in [0.717, 1.165) is 54.4 Å². The zero-order valence-electron chi connectivity index (χ0n) is 18.3. The molecule has 0 saturated carbocycles. The summed E-state index contributed by atoms with van der Waals surface area (Å²) in [6.45, 7) is 5.43. The van der Waals surface area contributed by atoms with E-state index in [0.29, 0.717) is 5.88 Å². The summed E-state index contributed by atoms with van der Waals surface area (Å²) in [5, 5.41) is 9.82. The van der Waals surface area contributed by atoms with Crippen LogP contribution in [0.2, 0.25) is 0 Å². The topological polar surface area (TPSA) is 58.1 Å². The molecule has 1 aliphatic rings. The summed E-state index contributed by atoms with van der Waals surface area (Å²) in [7, 11) is 3.32. The Balaban J connectivity index is 1.55. The van der Waals surface area contributed by atoms with E-state index in [-0.39, 0.29) is 0 Å². The van der Waals surface area contributed by atoms with Crippen LogP contribution in [0.3, 0.4) is 0 Å². The van der Waals surface area contributed by atoms with E-state index >= 15 is 0 Å². The van der Waals surface area contributed by atoms with Crippen LogP contribution in [-0.2, 0) is 0 Å². The van der Waals surface area contributed by atoms with E-state index in [1.54, 1.807) is 21.1 Å². The first-order valence-electron chi connectivity index (χ1n) is 10.6. The van der Waals surface area contributed by atoms with Gasteiger partial charge in [0.25, 0.3) is 0 Å². The Bertz CT molecular complexity index is 996. The van der Waals surface area contributed by atoms with E-state index in [4.69, 9.17) is 14.5 Å². The molecule has 0 radical (unpaired) electrons. The summed E-state index contributed by atoms with van der Waals surface area (Å²) in [4.78, 5) is 9.53. The molecule has 1 N–H and O–H groups in total. The lowest BCUT2D eigenvalue weighted by atomic mass is 10.0. The van der Waals surface area contributed by atoms with Gasteiger partial charge >= 0.3 is 0 Å². The van der Waals surface area contributed by atoms with Crippen LogP contribution in [0.5, 0.6) is 11.6 Å². The summed E-state index contributed by atoms with van der Waals surface area (Å²) in [5.41, 5.74) is 5.11. The second-order valence-electron chi connectivity index (χ2n) is 7.69. The first kappa shape index (κ1) is 21.0. The normalized spacial score (nSPS) is 15.0. The lowest BCUT2D eigenvalue weighted by Crippen LogP contribution is -2.46. The van der Waals surface area contributed by atoms with Crippen molar-refractivity contribution >= 4 is 11.4 Å². The van der Waals surface area contributed by atoms with Crippen LogP contribution in [0.4, 0.5) is 11.4 Å². The summed E-state index contributed by atoms with van der Waals surface area (Å²) >= 11 is 0. The molecule has 1 fully saturated rings. The lowest BCUT2D eigenvalue weighted by molar-refractivity contribution is 0.199. The van der Waals surface area contributed by atoms with Gasteiger partial charge in [-0.15, -0.1) is 0 Å². The fraction of sp³-hybridized carbons (Fsp3) is 0.320. The van der Waals surface area contributed by atoms with E-state index in [1.165, 1.54) is 5.69 Å². The SMILES string of the molecule is COc1ccc(N2CCN(c3ccc(OC)nc3-c3ccc(C(C)O)cc3)CC2)cc1. The Morgan fingerprint density at radius 3 is 2.03 bits per heavy atom. The fourth-order valence-corrected chi connectivity index (χ4v) is 3.93. The summed E-state index contributed by atoms with van der Waals surface area (Å²) in [6.07, 6.45) is -0.488. The third kappa shape index (κ3) is 4.59. The number of hydrogen-bond acceptors (Lipinski definition) is 6. The number of pyridine rings is 1. The number of piperazine rings is 1. The number of nitrogens with zero attached hydrogens (tertiary/aromatic N) is 3. The lowest BCUT2D eigenvalue weighted by Gasteiger charge is -2.38. The van der Waals surface area contributed by atoms with Crippen LogP contribution >= 0.6 is 0 Å². The first-order valence-corrected chi connectivity index (χ1v) is 10.6. The van der Waals surface area contributed by atoms with E-state index in [1.807, 2.05) is 42.5 Å². The number of benzene rings is 2. The molecule has 2 heterocycles. The molecule has 0 amide bonds. The summed E-state index contributed by atoms with van der Waals surface area (Å²) in [6, 6.07) is 20.2. The van der Waals surface area contributed by atoms with Crippen LogP contribution in [0.25, 0.3) is 11.3 Å². The zero-order valence-corrected chi connectivity index (χ0v) is 18.3. The van der Waals surface area contributed by atoms with Gasteiger partial charge < -0.3 is 24.4 Å². The zero-order chi connectivity index (χ0) is 21.8. The van der Waals surface area contributed by atoms with Crippen molar-refractivity contribution in [2.75, 3.05) is 50.2 Å². The number of rotatable bonds is 6. The maximum absolute atomic E-state index is 9.82. The van der Waals surface area contributed by atoms with Gasteiger partial charge in [-0.1, -0.05) is 24.3 Å². The minimum absolute atomic E-state index is 0.488. The number of aromatic nitrogens is 1. The monoisotopic (exact) mass is 419 g/mol. The highest BCUT2D eigenvalue weighted by molar-refractivity contribution is 5.76.